The van der Waals surface area contributed by atoms with Crippen molar-refractivity contribution in [2.75, 3.05) is 25.0 Å². The number of carbonyl (C=O) groups excluding carboxylic acids is 2. The minimum atomic E-state index is -0.697. The molecule has 1 saturated heterocycles. The van der Waals surface area contributed by atoms with Crippen LogP contribution in [-0.4, -0.2) is 47.5 Å². The number of hydrogen-bond acceptors (Lipinski definition) is 4. The highest BCUT2D eigenvalue weighted by molar-refractivity contribution is 6.40. The molecule has 3 rings (SSSR count). The third-order valence-corrected chi connectivity index (χ3v) is 4.76. The van der Waals surface area contributed by atoms with Gasteiger partial charge in [0.25, 0.3) is 0 Å². The number of carbonyl (C=O) groups is 2. The Bertz CT molecular complexity index is 791. The molecule has 3 N–H and O–H groups in total. The summed E-state index contributed by atoms with van der Waals surface area (Å²) in [6.07, 6.45) is 2.17. The number of nitrogens with zero attached hydrogens (tertiary/aromatic N) is 1. The van der Waals surface area contributed by atoms with Crippen molar-refractivity contribution in [1.29, 1.82) is 0 Å². The molecule has 1 aliphatic rings. The number of amides is 2. The predicted octanol–water partition coefficient (Wildman–Crippen LogP) is 2.08. The molecule has 132 valence electrons. The first-order chi connectivity index (χ1) is 12.1. The van der Waals surface area contributed by atoms with Crippen LogP contribution in [-0.2, 0) is 9.59 Å². The number of nitrogens with one attached hydrogen (secondary N) is 2. The summed E-state index contributed by atoms with van der Waals surface area (Å²) in [5, 5.41) is 16.6. The van der Waals surface area contributed by atoms with E-state index < -0.39 is 11.8 Å². The second-order valence-corrected chi connectivity index (χ2v) is 6.27. The van der Waals surface area contributed by atoms with Gasteiger partial charge in [-0.2, -0.15) is 0 Å². The summed E-state index contributed by atoms with van der Waals surface area (Å²) in [6, 6.07) is 10.6. The molecule has 2 aromatic rings. The van der Waals surface area contributed by atoms with Crippen LogP contribution in [0.3, 0.4) is 0 Å². The Hall–Kier alpha value is -2.60. The van der Waals surface area contributed by atoms with Crippen LogP contribution in [0, 0.1) is 0 Å². The molecule has 1 aliphatic heterocycles. The van der Waals surface area contributed by atoms with E-state index in [1.165, 1.54) is 0 Å². The number of fused-ring (bicyclic) bond motifs is 1. The topological polar surface area (TPSA) is 81.7 Å². The summed E-state index contributed by atoms with van der Waals surface area (Å²) in [4.78, 5) is 26.6. The van der Waals surface area contributed by atoms with Gasteiger partial charge in [-0.05, 0) is 38.1 Å². The van der Waals surface area contributed by atoms with Gasteiger partial charge in [-0.1, -0.05) is 31.2 Å². The van der Waals surface area contributed by atoms with Crippen LogP contribution < -0.4 is 10.6 Å². The maximum atomic E-state index is 12.2. The van der Waals surface area contributed by atoms with Gasteiger partial charge in [-0.15, -0.1) is 0 Å². The molecule has 0 bridgehead atoms. The van der Waals surface area contributed by atoms with Crippen molar-refractivity contribution in [3.63, 3.8) is 0 Å². The van der Waals surface area contributed by atoms with Crippen molar-refractivity contribution in [2.24, 2.45) is 0 Å². The lowest BCUT2D eigenvalue weighted by Crippen LogP contribution is -2.43. The monoisotopic (exact) mass is 341 g/mol. The molecule has 0 spiro atoms. The minimum Gasteiger partial charge on any atom is -0.507 e. The number of likely N-dealkylation sites (tertiary alicyclic amines) is 1. The van der Waals surface area contributed by atoms with Crippen molar-refractivity contribution in [1.82, 2.24) is 10.2 Å². The molecule has 0 unspecified atom stereocenters. The normalized spacial score (nSPS) is 17.6. The van der Waals surface area contributed by atoms with Gasteiger partial charge in [-0.25, -0.2) is 0 Å². The van der Waals surface area contributed by atoms with Gasteiger partial charge < -0.3 is 15.7 Å². The van der Waals surface area contributed by atoms with E-state index in [-0.39, 0.29) is 5.75 Å². The van der Waals surface area contributed by atoms with Crippen LogP contribution in [0.4, 0.5) is 5.69 Å². The molecule has 2 aromatic carbocycles. The SMILES string of the molecule is CCN1CCC[C@H]1CNC(=O)C(=O)Nc1cccc2c(O)cccc12. The van der Waals surface area contributed by atoms with Gasteiger partial charge >= 0.3 is 11.8 Å². The molecule has 0 aromatic heterocycles. The summed E-state index contributed by atoms with van der Waals surface area (Å²) < 4.78 is 0. The Morgan fingerprint density at radius 3 is 2.72 bits per heavy atom. The van der Waals surface area contributed by atoms with Crippen molar-refractivity contribution in [3.05, 3.63) is 36.4 Å². The van der Waals surface area contributed by atoms with Crippen molar-refractivity contribution < 1.29 is 14.7 Å². The van der Waals surface area contributed by atoms with Crippen LogP contribution >= 0.6 is 0 Å². The number of phenolic OH excluding ortho intramolecular Hbond substituents is 1. The van der Waals surface area contributed by atoms with Gasteiger partial charge in [0, 0.05) is 29.0 Å². The van der Waals surface area contributed by atoms with E-state index in [0.29, 0.717) is 29.0 Å². The van der Waals surface area contributed by atoms with Gasteiger partial charge in [-0.3, -0.25) is 14.5 Å². The Labute approximate surface area is 146 Å². The molecule has 6 nitrogen and oxygen atoms in total. The van der Waals surface area contributed by atoms with Crippen LogP contribution in [0.5, 0.6) is 5.75 Å². The Morgan fingerprint density at radius 2 is 1.92 bits per heavy atom. The van der Waals surface area contributed by atoms with E-state index in [1.807, 2.05) is 0 Å². The van der Waals surface area contributed by atoms with Crippen molar-refractivity contribution >= 4 is 28.3 Å². The fraction of sp³-hybridized carbons (Fsp3) is 0.368. The molecule has 0 saturated carbocycles. The molecule has 6 heteroatoms. The molecule has 25 heavy (non-hydrogen) atoms. The van der Waals surface area contributed by atoms with Gasteiger partial charge in [0.05, 0.1) is 0 Å². The van der Waals surface area contributed by atoms with Crippen molar-refractivity contribution in [2.45, 2.75) is 25.8 Å². The first-order valence-electron chi connectivity index (χ1n) is 8.64. The van der Waals surface area contributed by atoms with Crippen LogP contribution in [0.1, 0.15) is 19.8 Å². The Morgan fingerprint density at radius 1 is 1.16 bits per heavy atom. The predicted molar refractivity (Wildman–Crippen MR) is 97.5 cm³/mol. The lowest BCUT2D eigenvalue weighted by Gasteiger charge is -2.22. The molecule has 1 atom stereocenters. The second-order valence-electron chi connectivity index (χ2n) is 6.27. The van der Waals surface area contributed by atoms with E-state index in [4.69, 9.17) is 0 Å². The zero-order valence-electron chi connectivity index (χ0n) is 14.3. The average molecular weight is 341 g/mol. The molecule has 0 radical (unpaired) electrons. The first-order valence-corrected chi connectivity index (χ1v) is 8.64. The summed E-state index contributed by atoms with van der Waals surface area (Å²) in [5.41, 5.74) is 0.504. The molecular weight excluding hydrogens is 318 g/mol. The highest BCUT2D eigenvalue weighted by Gasteiger charge is 2.24. The number of hydrogen-bond donors (Lipinski definition) is 3. The molecule has 2 amide bonds. The Kier molecular flexibility index (Phi) is 5.19. The smallest absolute Gasteiger partial charge is 0.313 e. The van der Waals surface area contributed by atoms with Crippen LogP contribution in [0.2, 0.25) is 0 Å². The van der Waals surface area contributed by atoms with E-state index in [1.54, 1.807) is 36.4 Å². The maximum absolute atomic E-state index is 12.2. The quantitative estimate of drug-likeness (QED) is 0.744. The van der Waals surface area contributed by atoms with E-state index in [0.717, 1.165) is 25.9 Å². The number of phenols is 1. The average Bonchev–Trinajstić information content (AvgIpc) is 3.08. The number of aromatic hydroxyl groups is 1. The standard InChI is InChI=1S/C19H23N3O3/c1-2-22-11-5-6-13(22)12-20-18(24)19(25)21-16-9-3-8-15-14(16)7-4-10-17(15)23/h3-4,7-10,13,23H,2,5-6,11-12H2,1H3,(H,20,24)(H,21,25)/t13-/m0/s1. The number of benzene rings is 2. The third kappa shape index (κ3) is 3.74. The largest absolute Gasteiger partial charge is 0.507 e. The first kappa shape index (κ1) is 17.2. The zero-order valence-corrected chi connectivity index (χ0v) is 14.3. The lowest BCUT2D eigenvalue weighted by atomic mass is 10.1. The third-order valence-electron chi connectivity index (χ3n) is 4.76. The highest BCUT2D eigenvalue weighted by Crippen LogP contribution is 2.29. The van der Waals surface area contributed by atoms with E-state index in [2.05, 4.69) is 22.5 Å². The summed E-state index contributed by atoms with van der Waals surface area (Å²) >= 11 is 0. The minimum absolute atomic E-state index is 0.138. The van der Waals surface area contributed by atoms with Crippen molar-refractivity contribution in [3.8, 4) is 5.75 Å². The second kappa shape index (κ2) is 7.53. The maximum Gasteiger partial charge on any atom is 0.313 e. The fourth-order valence-corrected chi connectivity index (χ4v) is 3.41. The Balaban J connectivity index is 1.64. The highest BCUT2D eigenvalue weighted by atomic mass is 16.3. The van der Waals surface area contributed by atoms with Gasteiger partial charge in [0.15, 0.2) is 0 Å². The number of likely N-dealkylation sites (N-methyl/N-ethyl adjacent to an activating group) is 1. The number of anilines is 1. The molecule has 1 fully saturated rings. The lowest BCUT2D eigenvalue weighted by molar-refractivity contribution is -0.136. The fourth-order valence-electron chi connectivity index (χ4n) is 3.41. The van der Waals surface area contributed by atoms with Crippen LogP contribution in [0.15, 0.2) is 36.4 Å². The van der Waals surface area contributed by atoms with E-state index in [9.17, 15) is 14.7 Å². The zero-order chi connectivity index (χ0) is 17.8. The summed E-state index contributed by atoms with van der Waals surface area (Å²) in [7, 11) is 0. The molecular formula is C19H23N3O3. The van der Waals surface area contributed by atoms with E-state index >= 15 is 0 Å². The van der Waals surface area contributed by atoms with Crippen LogP contribution in [0.25, 0.3) is 10.8 Å². The van der Waals surface area contributed by atoms with Gasteiger partial charge in [0.1, 0.15) is 5.75 Å². The molecule has 0 aliphatic carbocycles. The molecule has 1 heterocycles. The van der Waals surface area contributed by atoms with Gasteiger partial charge in [0.2, 0.25) is 0 Å². The number of rotatable bonds is 4. The summed E-state index contributed by atoms with van der Waals surface area (Å²) in [6.45, 7) is 4.58. The summed E-state index contributed by atoms with van der Waals surface area (Å²) in [5.74, 6) is -1.20.